The van der Waals surface area contributed by atoms with Gasteiger partial charge in [0.15, 0.2) is 5.76 Å². The van der Waals surface area contributed by atoms with E-state index in [0.717, 1.165) is 23.8 Å². The Hall–Kier alpha value is -1.69. The average Bonchev–Trinajstić information content (AvgIpc) is 3.07. The van der Waals surface area contributed by atoms with Gasteiger partial charge in [-0.2, -0.15) is 11.8 Å². The van der Waals surface area contributed by atoms with Gasteiger partial charge >= 0.3 is 0 Å². The highest BCUT2D eigenvalue weighted by Crippen LogP contribution is 2.16. The Morgan fingerprint density at radius 1 is 1.58 bits per heavy atom. The van der Waals surface area contributed by atoms with E-state index >= 15 is 0 Å². The summed E-state index contributed by atoms with van der Waals surface area (Å²) in [4.78, 5) is 19.2. The van der Waals surface area contributed by atoms with Gasteiger partial charge in [0.1, 0.15) is 11.6 Å². The van der Waals surface area contributed by atoms with Crippen LogP contribution < -0.4 is 5.32 Å². The van der Waals surface area contributed by atoms with Crippen LogP contribution in [0.4, 0.5) is 0 Å². The van der Waals surface area contributed by atoms with Gasteiger partial charge in [-0.3, -0.25) is 4.79 Å². The van der Waals surface area contributed by atoms with Crippen molar-refractivity contribution in [3.8, 4) is 0 Å². The Morgan fingerprint density at radius 2 is 2.42 bits per heavy atom. The lowest BCUT2D eigenvalue weighted by Gasteiger charge is -2.13. The van der Waals surface area contributed by atoms with Crippen LogP contribution in [-0.4, -0.2) is 22.1 Å². The van der Waals surface area contributed by atoms with Crippen LogP contribution in [0.15, 0.2) is 28.9 Å². The molecule has 5 nitrogen and oxygen atoms in total. The number of H-pyrrole nitrogens is 1. The molecule has 2 aromatic heterocycles. The van der Waals surface area contributed by atoms with Crippen molar-refractivity contribution in [2.75, 3.05) is 6.26 Å². The zero-order valence-corrected chi connectivity index (χ0v) is 11.8. The maximum atomic E-state index is 12.1. The van der Waals surface area contributed by atoms with E-state index < -0.39 is 0 Å². The van der Waals surface area contributed by atoms with E-state index in [1.165, 1.54) is 0 Å². The number of hydrogen-bond donors (Lipinski definition) is 2. The van der Waals surface area contributed by atoms with Gasteiger partial charge in [0.05, 0.1) is 11.8 Å². The highest BCUT2D eigenvalue weighted by Gasteiger charge is 2.18. The molecule has 0 aliphatic carbocycles. The van der Waals surface area contributed by atoms with E-state index in [-0.39, 0.29) is 11.9 Å². The summed E-state index contributed by atoms with van der Waals surface area (Å²) in [5.41, 5.74) is 0. The van der Waals surface area contributed by atoms with Crippen molar-refractivity contribution < 1.29 is 9.21 Å². The third-order valence-corrected chi connectivity index (χ3v) is 3.31. The molecule has 0 spiro atoms. The first kappa shape index (κ1) is 13.7. The van der Waals surface area contributed by atoms with E-state index in [2.05, 4.69) is 15.3 Å². The van der Waals surface area contributed by atoms with Crippen molar-refractivity contribution in [2.45, 2.75) is 25.1 Å². The number of nitrogens with one attached hydrogen (secondary N) is 2. The monoisotopic (exact) mass is 279 g/mol. The summed E-state index contributed by atoms with van der Waals surface area (Å²) in [6, 6.07) is 3.41. The number of carbonyl (C=O) groups excluding carboxylic acids is 1. The topological polar surface area (TPSA) is 70.9 Å². The molecule has 0 bridgehead atoms. The maximum Gasteiger partial charge on any atom is 0.287 e. The number of amides is 1. The lowest BCUT2D eigenvalue weighted by atomic mass is 10.2. The molecule has 1 atom stereocenters. The van der Waals surface area contributed by atoms with Gasteiger partial charge < -0.3 is 14.7 Å². The number of nitrogens with zero attached hydrogens (tertiary/aromatic N) is 1. The second kappa shape index (κ2) is 6.47. The SMILES string of the molecule is CCC(NC(=O)c1ccc(CSC)o1)c1ncc[nH]1. The predicted octanol–water partition coefficient (Wildman–Crippen LogP) is 2.75. The van der Waals surface area contributed by atoms with Crippen molar-refractivity contribution in [3.63, 3.8) is 0 Å². The zero-order valence-electron chi connectivity index (χ0n) is 11.0. The van der Waals surface area contributed by atoms with Gasteiger partial charge in [0.2, 0.25) is 0 Å². The Kier molecular flexibility index (Phi) is 4.68. The molecule has 2 rings (SSSR count). The average molecular weight is 279 g/mol. The number of thioether (sulfide) groups is 1. The zero-order chi connectivity index (χ0) is 13.7. The number of furan rings is 1. The minimum absolute atomic E-state index is 0.128. The summed E-state index contributed by atoms with van der Waals surface area (Å²) in [6.45, 7) is 1.99. The molecule has 0 radical (unpaired) electrons. The molecule has 2 aromatic rings. The minimum atomic E-state index is -0.212. The summed E-state index contributed by atoms with van der Waals surface area (Å²) in [7, 11) is 0. The van der Waals surface area contributed by atoms with Crippen molar-refractivity contribution >= 4 is 17.7 Å². The van der Waals surface area contributed by atoms with Gasteiger partial charge in [-0.05, 0) is 24.8 Å². The molecule has 6 heteroatoms. The fourth-order valence-electron chi connectivity index (χ4n) is 1.78. The second-order valence-corrected chi connectivity index (χ2v) is 4.97. The van der Waals surface area contributed by atoms with Gasteiger partial charge in [0.25, 0.3) is 5.91 Å². The van der Waals surface area contributed by atoms with Crippen LogP contribution >= 0.6 is 11.8 Å². The molecule has 0 saturated carbocycles. The van der Waals surface area contributed by atoms with Gasteiger partial charge in [-0.15, -0.1) is 0 Å². The summed E-state index contributed by atoms with van der Waals surface area (Å²) in [5.74, 6) is 2.46. The molecular weight excluding hydrogens is 262 g/mol. The Bertz CT molecular complexity index is 522. The standard InChI is InChI=1S/C13H17N3O2S/c1-3-10(12-14-6-7-15-12)16-13(17)11-5-4-9(18-11)8-19-2/h4-7,10H,3,8H2,1-2H3,(H,14,15)(H,16,17). The first-order valence-electron chi connectivity index (χ1n) is 6.12. The summed E-state index contributed by atoms with van der Waals surface area (Å²) < 4.78 is 5.49. The molecule has 102 valence electrons. The molecule has 2 heterocycles. The van der Waals surface area contributed by atoms with E-state index in [1.54, 1.807) is 30.2 Å². The smallest absolute Gasteiger partial charge is 0.287 e. The molecule has 0 aliphatic rings. The summed E-state index contributed by atoms with van der Waals surface area (Å²) in [6.07, 6.45) is 6.17. The Labute approximate surface area is 116 Å². The molecule has 2 N–H and O–H groups in total. The predicted molar refractivity (Wildman–Crippen MR) is 75.0 cm³/mol. The van der Waals surface area contributed by atoms with E-state index in [4.69, 9.17) is 4.42 Å². The van der Waals surface area contributed by atoms with Crippen LogP contribution in [0.5, 0.6) is 0 Å². The molecule has 0 aromatic carbocycles. The molecule has 0 fully saturated rings. The van der Waals surface area contributed by atoms with Crippen LogP contribution in [0.3, 0.4) is 0 Å². The first-order chi connectivity index (χ1) is 9.24. The van der Waals surface area contributed by atoms with Crippen LogP contribution in [0.25, 0.3) is 0 Å². The Morgan fingerprint density at radius 3 is 3.05 bits per heavy atom. The molecule has 19 heavy (non-hydrogen) atoms. The fourth-order valence-corrected chi connectivity index (χ4v) is 2.22. The van der Waals surface area contributed by atoms with E-state index in [1.807, 2.05) is 19.2 Å². The van der Waals surface area contributed by atoms with E-state index in [0.29, 0.717) is 5.76 Å². The van der Waals surface area contributed by atoms with Crippen LogP contribution in [0, 0.1) is 0 Å². The molecule has 1 unspecified atom stereocenters. The van der Waals surface area contributed by atoms with Crippen LogP contribution in [-0.2, 0) is 5.75 Å². The largest absolute Gasteiger partial charge is 0.455 e. The third kappa shape index (κ3) is 3.41. The third-order valence-electron chi connectivity index (χ3n) is 2.74. The van der Waals surface area contributed by atoms with Crippen molar-refractivity contribution in [1.29, 1.82) is 0 Å². The molecular formula is C13H17N3O2S. The van der Waals surface area contributed by atoms with Gasteiger partial charge in [0, 0.05) is 12.4 Å². The number of aromatic amines is 1. The Balaban J connectivity index is 2.02. The minimum Gasteiger partial charge on any atom is -0.455 e. The molecule has 0 saturated heterocycles. The molecule has 0 aliphatic heterocycles. The number of rotatable bonds is 6. The number of imidazole rings is 1. The highest BCUT2D eigenvalue weighted by molar-refractivity contribution is 7.97. The quantitative estimate of drug-likeness (QED) is 0.853. The van der Waals surface area contributed by atoms with Crippen molar-refractivity contribution in [1.82, 2.24) is 15.3 Å². The van der Waals surface area contributed by atoms with Crippen molar-refractivity contribution in [3.05, 3.63) is 41.9 Å². The summed E-state index contributed by atoms with van der Waals surface area (Å²) >= 11 is 1.66. The first-order valence-corrected chi connectivity index (χ1v) is 7.51. The molecule has 1 amide bonds. The van der Waals surface area contributed by atoms with Crippen LogP contribution in [0.2, 0.25) is 0 Å². The van der Waals surface area contributed by atoms with Crippen LogP contribution in [0.1, 0.15) is 41.5 Å². The fraction of sp³-hybridized carbons (Fsp3) is 0.385. The number of aromatic nitrogens is 2. The number of carbonyl (C=O) groups is 1. The summed E-state index contributed by atoms with van der Waals surface area (Å²) in [5, 5.41) is 2.91. The number of hydrogen-bond acceptors (Lipinski definition) is 4. The van der Waals surface area contributed by atoms with E-state index in [9.17, 15) is 4.79 Å². The lowest BCUT2D eigenvalue weighted by molar-refractivity contribution is 0.0904. The maximum absolute atomic E-state index is 12.1. The second-order valence-electron chi connectivity index (χ2n) is 4.11. The normalized spacial score (nSPS) is 12.3. The van der Waals surface area contributed by atoms with Crippen molar-refractivity contribution in [2.24, 2.45) is 0 Å². The van der Waals surface area contributed by atoms with Gasteiger partial charge in [-0.25, -0.2) is 4.98 Å². The lowest BCUT2D eigenvalue weighted by Crippen LogP contribution is -2.28. The van der Waals surface area contributed by atoms with Gasteiger partial charge in [-0.1, -0.05) is 6.92 Å². The highest BCUT2D eigenvalue weighted by atomic mass is 32.2.